The summed E-state index contributed by atoms with van der Waals surface area (Å²) in [6, 6.07) is 9.59. The van der Waals surface area contributed by atoms with Gasteiger partial charge in [-0.2, -0.15) is 0 Å². The highest BCUT2D eigenvalue weighted by Gasteiger charge is 2.19. The molecule has 0 saturated heterocycles. The van der Waals surface area contributed by atoms with Gasteiger partial charge in [0.1, 0.15) is 10.7 Å². The third-order valence-electron chi connectivity index (χ3n) is 3.79. The standard InChI is InChI=1S/C17H18N4O2S.C4H4O4/c1-12(22)19-17-20-15(14-7-5-11-23-14)16(24-17)21(2)10-8-13-6-3-4-9-18-13;5-3(6)1-2-4(7)8/h3-7,9,11H,8,10H2,1-2H3,(H,19,20,22);1-2H,(H,5,6)(H,7,8). The van der Waals surface area contributed by atoms with Crippen molar-refractivity contribution in [3.05, 3.63) is 60.6 Å². The fourth-order valence-electron chi connectivity index (χ4n) is 2.42. The number of aliphatic carboxylic acids is 2. The molecule has 3 N–H and O–H groups in total. The van der Waals surface area contributed by atoms with Crippen molar-refractivity contribution in [3.63, 3.8) is 0 Å². The van der Waals surface area contributed by atoms with Crippen molar-refractivity contribution in [3.8, 4) is 11.5 Å². The Morgan fingerprint density at radius 2 is 1.88 bits per heavy atom. The fourth-order valence-corrected chi connectivity index (χ4v) is 3.43. The van der Waals surface area contributed by atoms with Gasteiger partial charge in [0, 0.05) is 51.0 Å². The van der Waals surface area contributed by atoms with Crippen molar-refractivity contribution < 1.29 is 29.0 Å². The number of nitrogens with one attached hydrogen (secondary N) is 1. The molecule has 0 radical (unpaired) electrons. The number of likely N-dealkylation sites (N-methyl/N-ethyl adjacent to an activating group) is 1. The van der Waals surface area contributed by atoms with Crippen LogP contribution in [0.5, 0.6) is 0 Å². The van der Waals surface area contributed by atoms with Gasteiger partial charge in [0.15, 0.2) is 10.9 Å². The maximum atomic E-state index is 11.3. The van der Waals surface area contributed by atoms with Crippen LogP contribution in [-0.4, -0.2) is 51.6 Å². The average Bonchev–Trinajstić information content (AvgIpc) is 3.41. The highest BCUT2D eigenvalue weighted by molar-refractivity contribution is 7.20. The molecule has 32 heavy (non-hydrogen) atoms. The molecule has 0 spiro atoms. The minimum Gasteiger partial charge on any atom is -0.478 e. The minimum atomic E-state index is -1.26. The van der Waals surface area contributed by atoms with Crippen LogP contribution in [0.4, 0.5) is 10.1 Å². The number of amides is 1. The number of thiazole rings is 1. The number of carbonyl (C=O) groups is 3. The van der Waals surface area contributed by atoms with E-state index in [0.717, 1.165) is 29.4 Å². The van der Waals surface area contributed by atoms with Crippen LogP contribution in [0.25, 0.3) is 11.5 Å². The van der Waals surface area contributed by atoms with Crippen LogP contribution >= 0.6 is 11.3 Å². The van der Waals surface area contributed by atoms with E-state index in [0.29, 0.717) is 23.0 Å². The van der Waals surface area contributed by atoms with Crippen LogP contribution in [-0.2, 0) is 20.8 Å². The molecule has 0 aromatic carbocycles. The third-order valence-corrected chi connectivity index (χ3v) is 4.88. The van der Waals surface area contributed by atoms with Gasteiger partial charge in [-0.3, -0.25) is 9.78 Å². The van der Waals surface area contributed by atoms with Crippen molar-refractivity contribution in [2.45, 2.75) is 13.3 Å². The molecule has 168 valence electrons. The van der Waals surface area contributed by atoms with Crippen LogP contribution in [0.2, 0.25) is 0 Å². The van der Waals surface area contributed by atoms with E-state index in [2.05, 4.69) is 20.2 Å². The molecule has 0 bridgehead atoms. The first-order valence-electron chi connectivity index (χ1n) is 9.33. The number of hydrogen-bond donors (Lipinski definition) is 3. The Kier molecular flexibility index (Phi) is 9.11. The molecule has 3 heterocycles. The van der Waals surface area contributed by atoms with Crippen LogP contribution in [0.15, 0.2) is 59.4 Å². The summed E-state index contributed by atoms with van der Waals surface area (Å²) in [6.45, 7) is 2.25. The number of hydrogen-bond acceptors (Lipinski definition) is 8. The summed E-state index contributed by atoms with van der Waals surface area (Å²) in [4.78, 5) is 41.4. The lowest BCUT2D eigenvalue weighted by Crippen LogP contribution is -2.20. The predicted octanol–water partition coefficient (Wildman–Crippen LogP) is 3.15. The first-order chi connectivity index (χ1) is 15.3. The second-order valence-corrected chi connectivity index (χ2v) is 7.31. The number of carboxylic acid groups (broad SMARTS) is 2. The van der Waals surface area contributed by atoms with Crippen molar-refractivity contribution in [1.29, 1.82) is 0 Å². The van der Waals surface area contributed by atoms with Crippen LogP contribution in [0, 0.1) is 0 Å². The van der Waals surface area contributed by atoms with Crippen LogP contribution in [0.3, 0.4) is 0 Å². The lowest BCUT2D eigenvalue weighted by molar-refractivity contribution is -0.134. The zero-order valence-corrected chi connectivity index (χ0v) is 18.2. The van der Waals surface area contributed by atoms with Gasteiger partial charge in [0.2, 0.25) is 5.91 Å². The van der Waals surface area contributed by atoms with Crippen molar-refractivity contribution in [1.82, 2.24) is 9.97 Å². The number of rotatable bonds is 8. The predicted molar refractivity (Wildman–Crippen MR) is 120 cm³/mol. The number of nitrogens with zero attached hydrogens (tertiary/aromatic N) is 3. The molecule has 0 aliphatic heterocycles. The quantitative estimate of drug-likeness (QED) is 0.433. The van der Waals surface area contributed by atoms with E-state index in [9.17, 15) is 14.4 Å². The van der Waals surface area contributed by atoms with Crippen LogP contribution in [0.1, 0.15) is 12.6 Å². The highest BCUT2D eigenvalue weighted by atomic mass is 32.1. The maximum absolute atomic E-state index is 11.3. The fraction of sp³-hybridized carbons (Fsp3) is 0.190. The van der Waals surface area contributed by atoms with E-state index in [-0.39, 0.29) is 5.91 Å². The SMILES string of the molecule is CC(=O)Nc1nc(-c2ccco2)c(N(C)CCc2ccccn2)s1.O=C(O)C=CC(=O)O. The molecule has 3 aromatic rings. The zero-order valence-electron chi connectivity index (χ0n) is 17.4. The highest BCUT2D eigenvalue weighted by Crippen LogP contribution is 2.38. The number of furan rings is 1. The molecule has 11 heteroatoms. The van der Waals surface area contributed by atoms with Crippen molar-refractivity contribution in [2.24, 2.45) is 0 Å². The molecule has 0 unspecified atom stereocenters. The number of pyridine rings is 1. The molecular weight excluding hydrogens is 436 g/mol. The van der Waals surface area contributed by atoms with Gasteiger partial charge in [-0.05, 0) is 24.3 Å². The monoisotopic (exact) mass is 458 g/mol. The summed E-state index contributed by atoms with van der Waals surface area (Å²) in [5, 5.41) is 19.9. The van der Waals surface area contributed by atoms with Crippen LogP contribution < -0.4 is 10.2 Å². The molecule has 3 rings (SSSR count). The first-order valence-corrected chi connectivity index (χ1v) is 10.1. The molecule has 0 aliphatic carbocycles. The second-order valence-electron chi connectivity index (χ2n) is 6.33. The molecule has 3 aromatic heterocycles. The van der Waals surface area contributed by atoms with Crippen molar-refractivity contribution >= 4 is 39.3 Å². The van der Waals surface area contributed by atoms with Crippen molar-refractivity contribution in [2.75, 3.05) is 23.8 Å². The molecule has 0 saturated carbocycles. The van der Waals surface area contributed by atoms with E-state index in [1.807, 2.05) is 37.4 Å². The van der Waals surface area contributed by atoms with Gasteiger partial charge < -0.3 is 24.8 Å². The lowest BCUT2D eigenvalue weighted by atomic mass is 10.2. The number of carboxylic acids is 2. The first kappa shape index (κ1) is 24.3. The van der Waals surface area contributed by atoms with Gasteiger partial charge in [0.25, 0.3) is 0 Å². The topological polar surface area (TPSA) is 146 Å². The second kappa shape index (κ2) is 12.0. The van der Waals surface area contributed by atoms with Gasteiger partial charge >= 0.3 is 11.9 Å². The summed E-state index contributed by atoms with van der Waals surface area (Å²) < 4.78 is 5.48. The Morgan fingerprint density at radius 3 is 2.41 bits per heavy atom. The molecular formula is C21H22N4O6S. The van der Waals surface area contributed by atoms with Gasteiger partial charge in [-0.1, -0.05) is 17.4 Å². The molecule has 0 aliphatic rings. The van der Waals surface area contributed by atoms with Gasteiger partial charge in [-0.15, -0.1) is 0 Å². The summed E-state index contributed by atoms with van der Waals surface area (Å²) in [7, 11) is 2.00. The van der Waals surface area contributed by atoms with E-state index in [4.69, 9.17) is 14.6 Å². The van der Waals surface area contributed by atoms with E-state index in [1.165, 1.54) is 18.3 Å². The lowest BCUT2D eigenvalue weighted by Gasteiger charge is -2.17. The van der Waals surface area contributed by atoms with E-state index >= 15 is 0 Å². The Labute approximate surface area is 187 Å². The molecule has 0 fully saturated rings. The Bertz CT molecular complexity index is 1050. The van der Waals surface area contributed by atoms with Gasteiger partial charge in [-0.25, -0.2) is 14.6 Å². The Hall–Kier alpha value is -3.99. The zero-order chi connectivity index (χ0) is 23.5. The molecule has 1 amide bonds. The summed E-state index contributed by atoms with van der Waals surface area (Å²) >= 11 is 1.43. The summed E-state index contributed by atoms with van der Waals surface area (Å²) in [5.74, 6) is -1.97. The number of carbonyl (C=O) groups excluding carboxylic acids is 1. The summed E-state index contributed by atoms with van der Waals surface area (Å²) in [5.41, 5.74) is 1.77. The third kappa shape index (κ3) is 8.03. The smallest absolute Gasteiger partial charge is 0.328 e. The van der Waals surface area contributed by atoms with E-state index < -0.39 is 11.9 Å². The van der Waals surface area contributed by atoms with E-state index in [1.54, 1.807) is 12.5 Å². The molecule has 10 nitrogen and oxygen atoms in total. The number of anilines is 2. The summed E-state index contributed by atoms with van der Waals surface area (Å²) in [6.07, 6.45) is 5.35. The normalized spacial score (nSPS) is 10.3. The Morgan fingerprint density at radius 1 is 1.16 bits per heavy atom. The average molecular weight is 458 g/mol. The maximum Gasteiger partial charge on any atom is 0.328 e. The minimum absolute atomic E-state index is 0.141. The van der Waals surface area contributed by atoms with Gasteiger partial charge in [0.05, 0.1) is 6.26 Å². The largest absolute Gasteiger partial charge is 0.478 e. The Balaban J connectivity index is 0.000000390. The molecule has 0 atom stereocenters. The number of aromatic nitrogens is 2.